The molecule has 3 aliphatic rings. The minimum absolute atomic E-state index is 0.0702. The van der Waals surface area contributed by atoms with Crippen LogP contribution in [0.25, 0.3) is 0 Å². The minimum Gasteiger partial charge on any atom is -0.468 e. The van der Waals surface area contributed by atoms with Crippen molar-refractivity contribution < 1.29 is 14.0 Å². The fourth-order valence-electron chi connectivity index (χ4n) is 3.86. The van der Waals surface area contributed by atoms with Gasteiger partial charge >= 0.3 is 0 Å². The van der Waals surface area contributed by atoms with Crippen molar-refractivity contribution in [2.45, 2.75) is 57.0 Å². The lowest BCUT2D eigenvalue weighted by Gasteiger charge is -2.37. The second-order valence-electron chi connectivity index (χ2n) is 7.17. The molecule has 0 spiro atoms. The third kappa shape index (κ3) is 2.95. The summed E-state index contributed by atoms with van der Waals surface area (Å²) in [5.74, 6) is 0.398. The van der Waals surface area contributed by atoms with Gasteiger partial charge in [-0.25, -0.2) is 0 Å². The zero-order valence-electron chi connectivity index (χ0n) is 14.0. The molecule has 0 atom stereocenters. The Hall–Kier alpha value is -1.82. The summed E-state index contributed by atoms with van der Waals surface area (Å²) < 4.78 is 5.52. The van der Waals surface area contributed by atoms with Gasteiger partial charge < -0.3 is 20.0 Å². The second-order valence-corrected chi connectivity index (χ2v) is 7.17. The predicted molar refractivity (Wildman–Crippen MR) is 89.1 cm³/mol. The van der Waals surface area contributed by atoms with Crippen LogP contribution in [-0.4, -0.2) is 48.4 Å². The number of nitrogens with zero attached hydrogens (tertiary/aromatic N) is 1. The van der Waals surface area contributed by atoms with E-state index in [0.717, 1.165) is 32.4 Å². The van der Waals surface area contributed by atoms with Crippen LogP contribution in [-0.2, 0) is 6.42 Å². The summed E-state index contributed by atoms with van der Waals surface area (Å²) in [5, 5.41) is 6.54. The summed E-state index contributed by atoms with van der Waals surface area (Å²) in [4.78, 5) is 27.0. The van der Waals surface area contributed by atoms with Crippen molar-refractivity contribution in [1.82, 2.24) is 15.5 Å². The summed E-state index contributed by atoms with van der Waals surface area (Å²) >= 11 is 0. The first-order valence-corrected chi connectivity index (χ1v) is 9.16. The van der Waals surface area contributed by atoms with Crippen molar-refractivity contribution in [3.05, 3.63) is 23.2 Å². The average molecular weight is 331 g/mol. The van der Waals surface area contributed by atoms with E-state index in [-0.39, 0.29) is 11.8 Å². The van der Waals surface area contributed by atoms with E-state index in [1.807, 2.05) is 4.90 Å². The molecule has 2 aliphatic heterocycles. The van der Waals surface area contributed by atoms with E-state index in [1.165, 1.54) is 25.5 Å². The summed E-state index contributed by atoms with van der Waals surface area (Å²) in [6.07, 6.45) is 8.89. The van der Waals surface area contributed by atoms with Crippen LogP contribution in [0.15, 0.2) is 10.7 Å². The molecule has 0 unspecified atom stereocenters. The van der Waals surface area contributed by atoms with Crippen LogP contribution in [0, 0.1) is 0 Å². The maximum absolute atomic E-state index is 12.9. The predicted octanol–water partition coefficient (Wildman–Crippen LogP) is 1.70. The van der Waals surface area contributed by atoms with Gasteiger partial charge in [0.2, 0.25) is 0 Å². The number of furan rings is 1. The zero-order chi connectivity index (χ0) is 16.5. The molecule has 3 heterocycles. The third-order valence-corrected chi connectivity index (χ3v) is 5.55. The number of likely N-dealkylation sites (tertiary alicyclic amines) is 1. The number of nitrogens with one attached hydrogen (secondary N) is 2. The van der Waals surface area contributed by atoms with Crippen LogP contribution >= 0.6 is 0 Å². The van der Waals surface area contributed by atoms with Gasteiger partial charge in [0.25, 0.3) is 11.8 Å². The third-order valence-electron chi connectivity index (χ3n) is 5.55. The summed E-state index contributed by atoms with van der Waals surface area (Å²) in [5.41, 5.74) is 0.877. The Labute approximate surface area is 142 Å². The van der Waals surface area contributed by atoms with Crippen LogP contribution in [0.3, 0.4) is 0 Å². The highest BCUT2D eigenvalue weighted by molar-refractivity contribution is 6.08. The molecule has 24 heavy (non-hydrogen) atoms. The molecular weight excluding hydrogens is 306 g/mol. The van der Waals surface area contributed by atoms with Gasteiger partial charge in [-0.05, 0) is 32.1 Å². The van der Waals surface area contributed by atoms with Crippen molar-refractivity contribution in [2.75, 3.05) is 19.6 Å². The molecule has 130 valence electrons. The van der Waals surface area contributed by atoms with E-state index >= 15 is 0 Å². The van der Waals surface area contributed by atoms with Gasteiger partial charge in [0, 0.05) is 38.1 Å². The van der Waals surface area contributed by atoms with E-state index in [2.05, 4.69) is 10.6 Å². The summed E-state index contributed by atoms with van der Waals surface area (Å²) in [6.45, 7) is 2.12. The lowest BCUT2D eigenvalue weighted by atomic mass is 9.91. The monoisotopic (exact) mass is 331 g/mol. The molecular formula is C18H25N3O3. The SMILES string of the molecule is O=C1NCCCc2occ(C(=O)N3CCC(NC4CCC4)CC3)c21. The van der Waals surface area contributed by atoms with Crippen LogP contribution in [0.4, 0.5) is 0 Å². The maximum Gasteiger partial charge on any atom is 0.257 e. The van der Waals surface area contributed by atoms with Gasteiger partial charge in [0.05, 0.1) is 11.1 Å². The Kier molecular flexibility index (Phi) is 4.31. The molecule has 1 saturated carbocycles. The molecule has 2 N–H and O–H groups in total. The van der Waals surface area contributed by atoms with Gasteiger partial charge in [-0.15, -0.1) is 0 Å². The maximum atomic E-state index is 12.9. The van der Waals surface area contributed by atoms with E-state index in [0.29, 0.717) is 41.9 Å². The minimum atomic E-state index is -0.180. The molecule has 6 heteroatoms. The largest absolute Gasteiger partial charge is 0.468 e. The molecule has 6 nitrogen and oxygen atoms in total. The molecule has 4 rings (SSSR count). The number of amides is 2. The highest BCUT2D eigenvalue weighted by Gasteiger charge is 2.31. The van der Waals surface area contributed by atoms with Crippen LogP contribution < -0.4 is 10.6 Å². The lowest BCUT2D eigenvalue weighted by Crippen LogP contribution is -2.49. The molecule has 2 fully saturated rings. The molecule has 0 aromatic carbocycles. The number of carbonyl (C=O) groups is 2. The van der Waals surface area contributed by atoms with Gasteiger partial charge in [-0.2, -0.15) is 0 Å². The first-order chi connectivity index (χ1) is 11.7. The highest BCUT2D eigenvalue weighted by Crippen LogP contribution is 2.25. The fourth-order valence-corrected chi connectivity index (χ4v) is 3.86. The molecule has 1 aromatic heterocycles. The van der Waals surface area contributed by atoms with Crippen molar-refractivity contribution in [1.29, 1.82) is 0 Å². The number of rotatable bonds is 3. The first kappa shape index (κ1) is 15.7. The van der Waals surface area contributed by atoms with E-state index < -0.39 is 0 Å². The topological polar surface area (TPSA) is 74.6 Å². The number of carbonyl (C=O) groups excluding carboxylic acids is 2. The molecule has 1 aliphatic carbocycles. The number of hydrogen-bond donors (Lipinski definition) is 2. The van der Waals surface area contributed by atoms with Crippen LogP contribution in [0.2, 0.25) is 0 Å². The molecule has 1 aromatic rings. The second kappa shape index (κ2) is 6.59. The number of aryl methyl sites for hydroxylation is 1. The molecule has 0 radical (unpaired) electrons. The first-order valence-electron chi connectivity index (χ1n) is 9.16. The highest BCUT2D eigenvalue weighted by atomic mass is 16.3. The Morgan fingerprint density at radius 2 is 1.92 bits per heavy atom. The Bertz CT molecular complexity index is 627. The molecule has 1 saturated heterocycles. The summed E-state index contributed by atoms with van der Waals surface area (Å²) in [7, 11) is 0. The molecule has 0 bridgehead atoms. The van der Waals surface area contributed by atoms with Gasteiger partial charge in [0.1, 0.15) is 12.0 Å². The van der Waals surface area contributed by atoms with Crippen molar-refractivity contribution >= 4 is 11.8 Å². The fraction of sp³-hybridized carbons (Fsp3) is 0.667. The molecule has 2 amide bonds. The smallest absolute Gasteiger partial charge is 0.257 e. The Balaban J connectivity index is 1.41. The van der Waals surface area contributed by atoms with E-state index in [4.69, 9.17) is 4.42 Å². The van der Waals surface area contributed by atoms with Gasteiger partial charge in [-0.3, -0.25) is 9.59 Å². The average Bonchev–Trinajstić information content (AvgIpc) is 2.90. The lowest BCUT2D eigenvalue weighted by molar-refractivity contribution is 0.0691. The van der Waals surface area contributed by atoms with E-state index in [1.54, 1.807) is 0 Å². The Morgan fingerprint density at radius 1 is 1.17 bits per heavy atom. The standard InChI is InChI=1S/C18H25N3O3/c22-17-16-14(11-24-15(16)5-2-8-19-17)18(23)21-9-6-13(7-10-21)20-12-3-1-4-12/h11-13,20H,1-10H2,(H,19,22). The van der Waals surface area contributed by atoms with Crippen molar-refractivity contribution in [3.63, 3.8) is 0 Å². The van der Waals surface area contributed by atoms with Crippen LogP contribution in [0.5, 0.6) is 0 Å². The summed E-state index contributed by atoms with van der Waals surface area (Å²) in [6, 6.07) is 1.20. The normalized spacial score (nSPS) is 22.5. The Morgan fingerprint density at radius 3 is 2.62 bits per heavy atom. The number of hydrogen-bond acceptors (Lipinski definition) is 4. The van der Waals surface area contributed by atoms with Gasteiger partial charge in [-0.1, -0.05) is 6.42 Å². The van der Waals surface area contributed by atoms with Gasteiger partial charge in [0.15, 0.2) is 0 Å². The number of fused-ring (bicyclic) bond motifs is 1. The van der Waals surface area contributed by atoms with Crippen molar-refractivity contribution in [3.8, 4) is 0 Å². The quantitative estimate of drug-likeness (QED) is 0.884. The zero-order valence-corrected chi connectivity index (χ0v) is 14.0. The number of piperidine rings is 1. The van der Waals surface area contributed by atoms with Crippen molar-refractivity contribution in [2.24, 2.45) is 0 Å². The van der Waals surface area contributed by atoms with Crippen LogP contribution in [0.1, 0.15) is 65.0 Å². The van der Waals surface area contributed by atoms with E-state index in [9.17, 15) is 9.59 Å².